The van der Waals surface area contributed by atoms with Gasteiger partial charge in [-0.1, -0.05) is 12.2 Å². The van der Waals surface area contributed by atoms with E-state index in [1.165, 1.54) is 0 Å². The molecule has 2 aliphatic heterocycles. The standard InChI is InChI=1S/C16H22FN5OS/c1-12(24)18-8-14-9-22(11-23-14)13-3-4-16(15(17)7-13)21-6-5-20(2)19-10-21/h3-4,7,10,14H,5-6,8-9,11H2,1-2H3,(H,18,24)/t14-/m0/s1. The molecule has 0 aliphatic carbocycles. The van der Waals surface area contributed by atoms with Crippen molar-refractivity contribution in [2.75, 3.05) is 49.8 Å². The summed E-state index contributed by atoms with van der Waals surface area (Å²) in [6, 6.07) is 5.29. The first kappa shape index (κ1) is 16.9. The normalized spacial score (nSPS) is 20.6. The first-order valence-electron chi connectivity index (χ1n) is 7.95. The number of benzene rings is 1. The maximum Gasteiger partial charge on any atom is 0.148 e. The molecule has 130 valence electrons. The monoisotopic (exact) mass is 351 g/mol. The lowest BCUT2D eigenvalue weighted by atomic mass is 10.2. The number of ether oxygens (including phenoxy) is 1. The molecular formula is C16H22FN5OS. The highest BCUT2D eigenvalue weighted by Crippen LogP contribution is 2.27. The van der Waals surface area contributed by atoms with Gasteiger partial charge in [0.2, 0.25) is 0 Å². The Labute approximate surface area is 146 Å². The summed E-state index contributed by atoms with van der Waals surface area (Å²) in [5.41, 5.74) is 1.37. The van der Waals surface area contributed by atoms with Crippen LogP contribution in [0.5, 0.6) is 0 Å². The minimum atomic E-state index is -0.250. The fourth-order valence-corrected chi connectivity index (χ4v) is 2.82. The van der Waals surface area contributed by atoms with Crippen molar-refractivity contribution in [1.82, 2.24) is 10.3 Å². The Balaban J connectivity index is 1.65. The van der Waals surface area contributed by atoms with Gasteiger partial charge in [0.25, 0.3) is 0 Å². The average Bonchev–Trinajstić information content (AvgIpc) is 3.03. The van der Waals surface area contributed by atoms with Crippen molar-refractivity contribution >= 4 is 34.9 Å². The predicted molar refractivity (Wildman–Crippen MR) is 98.2 cm³/mol. The lowest BCUT2D eigenvalue weighted by Crippen LogP contribution is -2.36. The van der Waals surface area contributed by atoms with E-state index in [9.17, 15) is 4.39 Å². The number of hydrogen-bond acceptors (Lipinski definition) is 6. The summed E-state index contributed by atoms with van der Waals surface area (Å²) in [4.78, 5) is 4.60. The third-order valence-electron chi connectivity index (χ3n) is 4.13. The number of hydrazone groups is 1. The molecule has 8 heteroatoms. The predicted octanol–water partition coefficient (Wildman–Crippen LogP) is 1.62. The topological polar surface area (TPSA) is 43.3 Å². The molecule has 2 heterocycles. The maximum absolute atomic E-state index is 14.5. The third kappa shape index (κ3) is 3.93. The fourth-order valence-electron chi connectivity index (χ4n) is 2.73. The number of halogens is 1. The van der Waals surface area contributed by atoms with Crippen LogP contribution < -0.4 is 15.1 Å². The van der Waals surface area contributed by atoms with Crippen LogP contribution in [-0.2, 0) is 4.74 Å². The zero-order valence-electron chi connectivity index (χ0n) is 13.9. The molecule has 24 heavy (non-hydrogen) atoms. The van der Waals surface area contributed by atoms with E-state index < -0.39 is 0 Å². The van der Waals surface area contributed by atoms with Gasteiger partial charge in [0, 0.05) is 32.4 Å². The van der Waals surface area contributed by atoms with Gasteiger partial charge in [0.1, 0.15) is 18.9 Å². The Kier molecular flexibility index (Phi) is 5.15. The summed E-state index contributed by atoms with van der Waals surface area (Å²) in [6.07, 6.45) is 1.71. The van der Waals surface area contributed by atoms with Crippen molar-refractivity contribution < 1.29 is 9.13 Å². The van der Waals surface area contributed by atoms with Gasteiger partial charge < -0.3 is 19.9 Å². The van der Waals surface area contributed by atoms with Gasteiger partial charge in [-0.2, -0.15) is 5.10 Å². The molecule has 0 amide bonds. The van der Waals surface area contributed by atoms with Crippen LogP contribution in [0.1, 0.15) is 6.92 Å². The van der Waals surface area contributed by atoms with E-state index in [1.807, 2.05) is 34.8 Å². The number of nitrogens with one attached hydrogen (secondary N) is 1. The van der Waals surface area contributed by atoms with E-state index in [4.69, 9.17) is 17.0 Å². The quantitative estimate of drug-likeness (QED) is 0.832. The maximum atomic E-state index is 14.5. The molecule has 1 saturated heterocycles. The van der Waals surface area contributed by atoms with Crippen LogP contribution in [0.15, 0.2) is 23.3 Å². The fraction of sp³-hybridized carbons (Fsp3) is 0.500. The SMILES string of the molecule is CC(=S)NC[C@H]1CN(c2ccc(N3C=NN(C)CC3)c(F)c2)CO1. The first-order valence-corrected chi connectivity index (χ1v) is 8.36. The van der Waals surface area contributed by atoms with Crippen molar-refractivity contribution in [1.29, 1.82) is 0 Å². The van der Waals surface area contributed by atoms with Crippen LogP contribution in [0.3, 0.4) is 0 Å². The van der Waals surface area contributed by atoms with Gasteiger partial charge in [-0.25, -0.2) is 4.39 Å². The Bertz CT molecular complexity index is 641. The third-order valence-corrected chi connectivity index (χ3v) is 4.27. The minimum Gasteiger partial charge on any atom is -0.377 e. The molecule has 2 aliphatic rings. The summed E-state index contributed by atoms with van der Waals surface area (Å²) in [5.74, 6) is -0.250. The molecule has 3 rings (SSSR count). The van der Waals surface area contributed by atoms with E-state index in [0.717, 1.165) is 17.2 Å². The highest BCUT2D eigenvalue weighted by molar-refractivity contribution is 7.80. The Morgan fingerprint density at radius 2 is 2.29 bits per heavy atom. The second-order valence-electron chi connectivity index (χ2n) is 6.02. The molecule has 0 unspecified atom stereocenters. The highest BCUT2D eigenvalue weighted by atomic mass is 32.1. The summed E-state index contributed by atoms with van der Waals surface area (Å²) in [5, 5.41) is 9.13. The Morgan fingerprint density at radius 3 is 2.96 bits per heavy atom. The van der Waals surface area contributed by atoms with E-state index in [0.29, 0.717) is 32.1 Å². The van der Waals surface area contributed by atoms with Gasteiger partial charge in [0.05, 0.1) is 23.3 Å². The lowest BCUT2D eigenvalue weighted by molar-refractivity contribution is 0.119. The van der Waals surface area contributed by atoms with Crippen molar-refractivity contribution in [3.8, 4) is 0 Å². The van der Waals surface area contributed by atoms with Crippen LogP contribution in [0, 0.1) is 5.82 Å². The van der Waals surface area contributed by atoms with Crippen LogP contribution >= 0.6 is 12.2 Å². The van der Waals surface area contributed by atoms with Gasteiger partial charge in [-0.05, 0) is 25.1 Å². The molecule has 6 nitrogen and oxygen atoms in total. The van der Waals surface area contributed by atoms with Gasteiger partial charge in [0.15, 0.2) is 0 Å². The summed E-state index contributed by atoms with van der Waals surface area (Å²) < 4.78 is 20.2. The number of nitrogens with zero attached hydrogens (tertiary/aromatic N) is 4. The molecule has 1 fully saturated rings. The van der Waals surface area contributed by atoms with Crippen LogP contribution in [-0.4, -0.2) is 62.4 Å². The number of thiocarbonyl (C=S) groups is 1. The van der Waals surface area contributed by atoms with Crippen LogP contribution in [0.4, 0.5) is 15.8 Å². The largest absolute Gasteiger partial charge is 0.377 e. The molecule has 0 saturated carbocycles. The molecule has 0 aromatic heterocycles. The van der Waals surface area contributed by atoms with Gasteiger partial charge >= 0.3 is 0 Å². The highest BCUT2D eigenvalue weighted by Gasteiger charge is 2.24. The summed E-state index contributed by atoms with van der Waals surface area (Å²) in [6.45, 7) is 5.17. The number of anilines is 2. The van der Waals surface area contributed by atoms with Crippen molar-refractivity contribution in [2.45, 2.75) is 13.0 Å². The molecule has 1 aromatic carbocycles. The van der Waals surface area contributed by atoms with Crippen molar-refractivity contribution in [3.63, 3.8) is 0 Å². The molecule has 1 atom stereocenters. The number of rotatable bonds is 4. The molecule has 0 spiro atoms. The molecule has 1 N–H and O–H groups in total. The van der Waals surface area contributed by atoms with E-state index in [-0.39, 0.29) is 11.9 Å². The van der Waals surface area contributed by atoms with Crippen LogP contribution in [0.2, 0.25) is 0 Å². The van der Waals surface area contributed by atoms with E-state index in [2.05, 4.69) is 10.4 Å². The number of hydrogen-bond donors (Lipinski definition) is 1. The number of likely N-dealkylation sites (N-methyl/N-ethyl adjacent to an activating group) is 1. The average molecular weight is 351 g/mol. The molecule has 0 radical (unpaired) electrons. The second kappa shape index (κ2) is 7.31. The molecule has 0 bridgehead atoms. The van der Waals surface area contributed by atoms with Crippen molar-refractivity contribution in [3.05, 3.63) is 24.0 Å². The van der Waals surface area contributed by atoms with Crippen LogP contribution in [0.25, 0.3) is 0 Å². The Morgan fingerprint density at radius 1 is 1.46 bits per heavy atom. The van der Waals surface area contributed by atoms with Gasteiger partial charge in [-0.3, -0.25) is 5.01 Å². The lowest BCUT2D eigenvalue weighted by Gasteiger charge is -2.28. The van der Waals surface area contributed by atoms with Gasteiger partial charge in [-0.15, -0.1) is 0 Å². The van der Waals surface area contributed by atoms with Crippen molar-refractivity contribution in [2.24, 2.45) is 5.10 Å². The zero-order valence-corrected chi connectivity index (χ0v) is 14.7. The molecular weight excluding hydrogens is 329 g/mol. The Hall–Kier alpha value is -1.93. The smallest absolute Gasteiger partial charge is 0.148 e. The summed E-state index contributed by atoms with van der Waals surface area (Å²) >= 11 is 5.01. The first-order chi connectivity index (χ1) is 11.5. The summed E-state index contributed by atoms with van der Waals surface area (Å²) in [7, 11) is 1.90. The second-order valence-corrected chi connectivity index (χ2v) is 6.63. The van der Waals surface area contributed by atoms with E-state index in [1.54, 1.807) is 18.5 Å². The minimum absolute atomic E-state index is 0.0513. The van der Waals surface area contributed by atoms with E-state index >= 15 is 0 Å². The zero-order chi connectivity index (χ0) is 17.1. The molecule has 1 aromatic rings.